The van der Waals surface area contributed by atoms with Crippen LogP contribution in [0.5, 0.6) is 11.5 Å². The molecule has 6 nitrogen and oxygen atoms in total. The minimum absolute atomic E-state index is 0.201. The summed E-state index contributed by atoms with van der Waals surface area (Å²) in [6.45, 7) is 1.14. The molecule has 0 radical (unpaired) electrons. The van der Waals surface area contributed by atoms with Gasteiger partial charge in [-0.1, -0.05) is 0 Å². The number of carbonyl (C=O) groups excluding carboxylic acids is 1. The summed E-state index contributed by atoms with van der Waals surface area (Å²) in [5.74, 6) is 1.17. The van der Waals surface area contributed by atoms with Crippen molar-refractivity contribution in [3.8, 4) is 11.5 Å². The molecule has 1 amide bonds. The standard InChI is InChI=1S/C14H20N2O4/c1-18-11-4-3-10(12(7-11)19-2)8-16-13(17)14(15)5-6-20-9-14/h3-4,7H,5-6,8-9,15H2,1-2H3,(H,16,17). The largest absolute Gasteiger partial charge is 0.497 e. The Hall–Kier alpha value is -1.79. The predicted molar refractivity (Wildman–Crippen MR) is 73.7 cm³/mol. The lowest BCUT2D eigenvalue weighted by atomic mass is 9.99. The Labute approximate surface area is 118 Å². The number of carbonyl (C=O) groups is 1. The SMILES string of the molecule is COc1ccc(CNC(=O)C2(N)CCOC2)c(OC)c1. The Bertz CT molecular complexity index is 484. The fraction of sp³-hybridized carbons (Fsp3) is 0.500. The van der Waals surface area contributed by atoms with Gasteiger partial charge in [0, 0.05) is 24.8 Å². The van der Waals surface area contributed by atoms with Gasteiger partial charge < -0.3 is 25.3 Å². The second-order valence-electron chi connectivity index (χ2n) is 4.82. The molecule has 6 heteroatoms. The first-order valence-electron chi connectivity index (χ1n) is 6.45. The number of benzene rings is 1. The zero-order chi connectivity index (χ0) is 14.6. The molecule has 1 unspecified atom stereocenters. The molecule has 3 N–H and O–H groups in total. The van der Waals surface area contributed by atoms with Crippen LogP contribution in [0.15, 0.2) is 18.2 Å². The number of nitrogens with two attached hydrogens (primary N) is 1. The number of ether oxygens (including phenoxy) is 3. The molecular formula is C14H20N2O4. The van der Waals surface area contributed by atoms with Crippen LogP contribution in [-0.4, -0.2) is 38.9 Å². The number of nitrogens with one attached hydrogen (secondary N) is 1. The van der Waals surface area contributed by atoms with Crippen molar-refractivity contribution in [2.75, 3.05) is 27.4 Å². The monoisotopic (exact) mass is 280 g/mol. The van der Waals surface area contributed by atoms with Crippen LogP contribution in [0.25, 0.3) is 0 Å². The average Bonchev–Trinajstić information content (AvgIpc) is 2.92. The van der Waals surface area contributed by atoms with E-state index in [0.29, 0.717) is 31.1 Å². The van der Waals surface area contributed by atoms with E-state index in [1.807, 2.05) is 12.1 Å². The van der Waals surface area contributed by atoms with Gasteiger partial charge in [-0.3, -0.25) is 4.79 Å². The summed E-state index contributed by atoms with van der Waals surface area (Å²) in [6.07, 6.45) is 0.540. The second-order valence-corrected chi connectivity index (χ2v) is 4.82. The van der Waals surface area contributed by atoms with Gasteiger partial charge in [-0.15, -0.1) is 0 Å². The van der Waals surface area contributed by atoms with Gasteiger partial charge in [0.2, 0.25) is 5.91 Å². The Morgan fingerprint density at radius 2 is 2.25 bits per heavy atom. The van der Waals surface area contributed by atoms with Gasteiger partial charge in [-0.2, -0.15) is 0 Å². The van der Waals surface area contributed by atoms with Crippen LogP contribution in [0, 0.1) is 0 Å². The van der Waals surface area contributed by atoms with Crippen molar-refractivity contribution in [1.29, 1.82) is 0 Å². The van der Waals surface area contributed by atoms with Crippen LogP contribution >= 0.6 is 0 Å². The lowest BCUT2D eigenvalue weighted by Gasteiger charge is -2.21. The maximum Gasteiger partial charge on any atom is 0.242 e. The van der Waals surface area contributed by atoms with Crippen LogP contribution < -0.4 is 20.5 Å². The molecule has 1 aliphatic rings. The van der Waals surface area contributed by atoms with Crippen LogP contribution in [-0.2, 0) is 16.1 Å². The Kier molecular flexibility index (Phi) is 4.46. The van der Waals surface area contributed by atoms with Crippen LogP contribution in [0.1, 0.15) is 12.0 Å². The zero-order valence-electron chi connectivity index (χ0n) is 11.8. The first-order valence-corrected chi connectivity index (χ1v) is 6.45. The van der Waals surface area contributed by atoms with E-state index < -0.39 is 5.54 Å². The molecule has 0 aromatic heterocycles. The van der Waals surface area contributed by atoms with Crippen LogP contribution in [0.4, 0.5) is 0 Å². The van der Waals surface area contributed by atoms with Gasteiger partial charge in [0.15, 0.2) is 0 Å². The summed E-state index contributed by atoms with van der Waals surface area (Å²) in [4.78, 5) is 12.1. The average molecular weight is 280 g/mol. The summed E-state index contributed by atoms with van der Waals surface area (Å²) in [5.41, 5.74) is 5.94. The molecule has 0 aliphatic carbocycles. The molecule has 1 heterocycles. The highest BCUT2D eigenvalue weighted by Crippen LogP contribution is 2.24. The van der Waals surface area contributed by atoms with Crippen molar-refractivity contribution in [3.05, 3.63) is 23.8 Å². The normalized spacial score (nSPS) is 21.6. The van der Waals surface area contributed by atoms with E-state index in [2.05, 4.69) is 5.32 Å². The molecule has 1 aromatic carbocycles. The summed E-state index contributed by atoms with van der Waals surface area (Å²) >= 11 is 0. The van der Waals surface area contributed by atoms with Crippen LogP contribution in [0.3, 0.4) is 0 Å². The van der Waals surface area contributed by atoms with Gasteiger partial charge in [-0.05, 0) is 18.6 Å². The first kappa shape index (κ1) is 14.6. The van der Waals surface area contributed by atoms with E-state index in [1.54, 1.807) is 20.3 Å². The third-order valence-corrected chi connectivity index (χ3v) is 3.44. The lowest BCUT2D eigenvalue weighted by Crippen LogP contribution is -2.54. The van der Waals surface area contributed by atoms with E-state index in [1.165, 1.54) is 0 Å². The highest BCUT2D eigenvalue weighted by atomic mass is 16.5. The summed E-state index contributed by atoms with van der Waals surface area (Å²) < 4.78 is 15.6. The quantitative estimate of drug-likeness (QED) is 0.817. The van der Waals surface area contributed by atoms with E-state index >= 15 is 0 Å². The molecule has 2 rings (SSSR count). The topological polar surface area (TPSA) is 82.8 Å². The van der Waals surface area contributed by atoms with Gasteiger partial charge >= 0.3 is 0 Å². The highest BCUT2D eigenvalue weighted by molar-refractivity contribution is 5.86. The van der Waals surface area contributed by atoms with Crippen molar-refractivity contribution in [1.82, 2.24) is 5.32 Å². The molecule has 1 aliphatic heterocycles. The first-order chi connectivity index (χ1) is 9.59. The molecule has 1 saturated heterocycles. The predicted octanol–water partition coefficient (Wildman–Crippen LogP) is 0.438. The van der Waals surface area contributed by atoms with Gasteiger partial charge in [0.05, 0.1) is 20.8 Å². The maximum atomic E-state index is 12.1. The fourth-order valence-corrected chi connectivity index (χ4v) is 2.11. The fourth-order valence-electron chi connectivity index (χ4n) is 2.11. The van der Waals surface area contributed by atoms with Crippen molar-refractivity contribution in [3.63, 3.8) is 0 Å². The van der Waals surface area contributed by atoms with Crippen LogP contribution in [0.2, 0.25) is 0 Å². The van der Waals surface area contributed by atoms with E-state index in [4.69, 9.17) is 19.9 Å². The molecule has 0 spiro atoms. The van der Waals surface area contributed by atoms with E-state index in [-0.39, 0.29) is 12.5 Å². The van der Waals surface area contributed by atoms with E-state index in [9.17, 15) is 4.79 Å². The Morgan fingerprint density at radius 3 is 2.85 bits per heavy atom. The van der Waals surface area contributed by atoms with Crippen molar-refractivity contribution >= 4 is 5.91 Å². The van der Waals surface area contributed by atoms with Gasteiger partial charge in [0.1, 0.15) is 17.0 Å². The molecule has 1 aromatic rings. The second kappa shape index (κ2) is 6.11. The number of hydrogen-bond acceptors (Lipinski definition) is 5. The minimum Gasteiger partial charge on any atom is -0.497 e. The molecule has 0 bridgehead atoms. The third kappa shape index (κ3) is 3.02. The molecule has 110 valence electrons. The zero-order valence-corrected chi connectivity index (χ0v) is 11.8. The molecule has 0 saturated carbocycles. The molecule has 20 heavy (non-hydrogen) atoms. The maximum absolute atomic E-state index is 12.1. The summed E-state index contributed by atoms with van der Waals surface area (Å²) in [7, 11) is 3.17. The summed E-state index contributed by atoms with van der Waals surface area (Å²) in [5, 5.41) is 2.83. The third-order valence-electron chi connectivity index (χ3n) is 3.44. The van der Waals surface area contributed by atoms with Crippen molar-refractivity contribution in [2.45, 2.75) is 18.5 Å². The van der Waals surface area contributed by atoms with Crippen molar-refractivity contribution in [2.24, 2.45) is 5.73 Å². The van der Waals surface area contributed by atoms with Gasteiger partial charge in [-0.25, -0.2) is 0 Å². The van der Waals surface area contributed by atoms with Crippen molar-refractivity contribution < 1.29 is 19.0 Å². The molecule has 1 fully saturated rings. The number of methoxy groups -OCH3 is 2. The number of amides is 1. The Balaban J connectivity index is 2.01. The number of hydrogen-bond donors (Lipinski definition) is 2. The molecular weight excluding hydrogens is 260 g/mol. The lowest BCUT2D eigenvalue weighted by molar-refractivity contribution is -0.126. The summed E-state index contributed by atoms with van der Waals surface area (Å²) in [6, 6.07) is 5.45. The van der Waals surface area contributed by atoms with Gasteiger partial charge in [0.25, 0.3) is 0 Å². The molecule has 1 atom stereocenters. The van der Waals surface area contributed by atoms with E-state index in [0.717, 1.165) is 5.56 Å². The number of rotatable bonds is 5. The highest BCUT2D eigenvalue weighted by Gasteiger charge is 2.38. The smallest absolute Gasteiger partial charge is 0.242 e. The minimum atomic E-state index is -0.917. The Morgan fingerprint density at radius 1 is 1.45 bits per heavy atom.